The predicted molar refractivity (Wildman–Crippen MR) is 180 cm³/mol. The van der Waals surface area contributed by atoms with Gasteiger partial charge in [0.2, 0.25) is 11.8 Å². The molecule has 0 spiro atoms. The van der Waals surface area contributed by atoms with Gasteiger partial charge in [0.05, 0.1) is 5.52 Å². The third-order valence-electron chi connectivity index (χ3n) is 9.34. The van der Waals surface area contributed by atoms with Gasteiger partial charge in [0, 0.05) is 53.6 Å². The fraction of sp³-hybridized carbons (Fsp3) is 0.314. The molecule has 2 aliphatic rings. The van der Waals surface area contributed by atoms with Gasteiger partial charge in [-0.25, -0.2) is 15.0 Å². The van der Waals surface area contributed by atoms with E-state index >= 15 is 0 Å². The highest BCUT2D eigenvalue weighted by Gasteiger charge is 2.67. The lowest BCUT2D eigenvalue weighted by Gasteiger charge is -2.27. The topological polar surface area (TPSA) is 136 Å². The maximum atomic E-state index is 14.3. The number of hydrogen-bond donors (Lipinski definition) is 1. The van der Waals surface area contributed by atoms with Crippen molar-refractivity contribution in [1.82, 2.24) is 34.6 Å². The Bertz CT molecular complexity index is 2060. The normalized spacial score (nSPS) is 19.9. The van der Waals surface area contributed by atoms with Crippen LogP contribution in [0.3, 0.4) is 0 Å². The first kappa shape index (κ1) is 30.8. The molecule has 1 saturated heterocycles. The van der Waals surface area contributed by atoms with E-state index in [1.807, 2.05) is 63.2 Å². The van der Waals surface area contributed by atoms with Gasteiger partial charge >= 0.3 is 0 Å². The van der Waals surface area contributed by atoms with E-state index in [1.54, 1.807) is 28.2 Å². The second-order valence-corrected chi connectivity index (χ2v) is 13.5. The standard InChI is InChI=1S/C35H33BrN8O3/c1-19-8-9-29(36)40-33(19)41-34(47)27-14-35(13-25-7-5-6-10-37-25)15-28(35)44(27)30(46)18-43-32-20(2)11-23(24-16-38-22(4)39-17-24)12-26(32)31(42-43)21(3)45/h5-12,16-17,27-28H,13-15,18H2,1-4H3,(H,40,41,47)/t27-,28+,35-/m0/s1. The Morgan fingerprint density at radius 1 is 0.979 bits per heavy atom. The minimum atomic E-state index is -0.700. The molecule has 3 atom stereocenters. The van der Waals surface area contributed by atoms with Crippen molar-refractivity contribution in [3.8, 4) is 11.1 Å². The molecule has 0 unspecified atom stereocenters. The monoisotopic (exact) mass is 692 g/mol. The van der Waals surface area contributed by atoms with Crippen LogP contribution in [0.15, 0.2) is 65.7 Å². The van der Waals surface area contributed by atoms with E-state index in [-0.39, 0.29) is 41.3 Å². The second-order valence-electron chi connectivity index (χ2n) is 12.7. The molecule has 1 aliphatic heterocycles. The average molecular weight is 694 g/mol. The van der Waals surface area contributed by atoms with Crippen LogP contribution < -0.4 is 5.32 Å². The smallest absolute Gasteiger partial charge is 0.248 e. The lowest BCUT2D eigenvalue weighted by atomic mass is 9.93. The number of hydrogen-bond acceptors (Lipinski definition) is 8. The summed E-state index contributed by atoms with van der Waals surface area (Å²) in [6.45, 7) is 6.99. The molecule has 1 aromatic carbocycles. The minimum Gasteiger partial charge on any atom is -0.325 e. The Labute approximate surface area is 280 Å². The highest BCUT2D eigenvalue weighted by atomic mass is 79.9. The molecule has 47 heavy (non-hydrogen) atoms. The van der Waals surface area contributed by atoms with Crippen LogP contribution in [0.25, 0.3) is 22.0 Å². The number of rotatable bonds is 8. The number of piperidine rings is 1. The van der Waals surface area contributed by atoms with Gasteiger partial charge in [0.1, 0.15) is 34.5 Å². The van der Waals surface area contributed by atoms with E-state index in [9.17, 15) is 14.4 Å². The number of amides is 2. The molecule has 5 heterocycles. The first-order valence-electron chi connectivity index (χ1n) is 15.5. The molecule has 2 amide bonds. The quantitative estimate of drug-likeness (QED) is 0.168. The lowest BCUT2D eigenvalue weighted by molar-refractivity contribution is -0.138. The number of pyridine rings is 2. The Morgan fingerprint density at radius 3 is 2.49 bits per heavy atom. The predicted octanol–water partition coefficient (Wildman–Crippen LogP) is 5.41. The molecule has 7 rings (SSSR count). The van der Waals surface area contributed by atoms with E-state index in [2.05, 4.69) is 46.3 Å². The molecule has 12 heteroatoms. The summed E-state index contributed by atoms with van der Waals surface area (Å²) >= 11 is 3.39. The lowest BCUT2D eigenvalue weighted by Crippen LogP contribution is -2.47. The van der Waals surface area contributed by atoms with Crippen LogP contribution in [0, 0.1) is 26.2 Å². The molecule has 4 aromatic heterocycles. The fourth-order valence-electron chi connectivity index (χ4n) is 6.98. The largest absolute Gasteiger partial charge is 0.325 e. The van der Waals surface area contributed by atoms with Gasteiger partial charge in [0.25, 0.3) is 0 Å². The summed E-state index contributed by atoms with van der Waals surface area (Å²) in [6, 6.07) is 12.6. The Morgan fingerprint density at radius 2 is 1.77 bits per heavy atom. The van der Waals surface area contributed by atoms with Gasteiger partial charge in [-0.1, -0.05) is 12.1 Å². The molecule has 1 aliphatic carbocycles. The number of anilines is 1. The number of aryl methyl sites for hydroxylation is 3. The number of carbonyl (C=O) groups is 3. The van der Waals surface area contributed by atoms with Gasteiger partial charge < -0.3 is 10.2 Å². The summed E-state index contributed by atoms with van der Waals surface area (Å²) in [4.78, 5) is 60.4. The Kier molecular flexibility index (Phi) is 7.70. The van der Waals surface area contributed by atoms with E-state index in [0.717, 1.165) is 34.4 Å². The first-order valence-corrected chi connectivity index (χ1v) is 16.3. The summed E-state index contributed by atoms with van der Waals surface area (Å²) in [7, 11) is 0. The maximum Gasteiger partial charge on any atom is 0.248 e. The average Bonchev–Trinajstić information content (AvgIpc) is 3.43. The van der Waals surface area contributed by atoms with E-state index in [4.69, 9.17) is 0 Å². The maximum absolute atomic E-state index is 14.3. The summed E-state index contributed by atoms with van der Waals surface area (Å²) in [6.07, 6.45) is 7.24. The number of nitrogens with one attached hydrogen (secondary N) is 1. The van der Waals surface area contributed by atoms with E-state index in [0.29, 0.717) is 40.0 Å². The molecule has 2 fully saturated rings. The number of Topliss-reactive ketones (excluding diaryl/α,β-unsaturated/α-hetero) is 1. The molecule has 0 bridgehead atoms. The number of likely N-dealkylation sites (tertiary alicyclic amines) is 1. The summed E-state index contributed by atoms with van der Waals surface area (Å²) < 4.78 is 2.21. The minimum absolute atomic E-state index is 0.118. The van der Waals surface area contributed by atoms with Gasteiger partial charge in [-0.05, 0) is 103 Å². The van der Waals surface area contributed by atoms with Crippen molar-refractivity contribution in [3.05, 3.63) is 94.0 Å². The van der Waals surface area contributed by atoms with Crippen LogP contribution in [0.4, 0.5) is 5.82 Å². The Balaban J connectivity index is 1.23. The molecule has 1 saturated carbocycles. The zero-order valence-corrected chi connectivity index (χ0v) is 28.1. The van der Waals surface area contributed by atoms with Gasteiger partial charge in [-0.2, -0.15) is 5.10 Å². The van der Waals surface area contributed by atoms with Crippen molar-refractivity contribution in [1.29, 1.82) is 0 Å². The number of benzene rings is 1. The van der Waals surface area contributed by atoms with Gasteiger partial charge in [0.15, 0.2) is 5.78 Å². The van der Waals surface area contributed by atoms with Crippen LogP contribution in [0.5, 0.6) is 0 Å². The van der Waals surface area contributed by atoms with Crippen LogP contribution in [-0.2, 0) is 22.6 Å². The number of fused-ring (bicyclic) bond motifs is 2. The SMILES string of the molecule is CC(=O)c1nn(CC(=O)N2[C@H](C(=O)Nc3nc(Br)ccc3C)C[C@@]3(Cc4ccccn4)C[C@@H]23)c2c(C)cc(-c3cnc(C)nc3)cc12. The molecule has 11 nitrogen and oxygen atoms in total. The first-order chi connectivity index (χ1) is 22.5. The highest BCUT2D eigenvalue weighted by molar-refractivity contribution is 9.10. The summed E-state index contributed by atoms with van der Waals surface area (Å²) in [5.74, 6) is 0.398. The van der Waals surface area contributed by atoms with Crippen molar-refractivity contribution in [2.24, 2.45) is 5.41 Å². The fourth-order valence-corrected chi connectivity index (χ4v) is 7.29. The van der Waals surface area contributed by atoms with Crippen LogP contribution in [0.1, 0.15) is 52.9 Å². The molecule has 238 valence electrons. The van der Waals surface area contributed by atoms with Crippen LogP contribution in [-0.4, -0.2) is 64.3 Å². The third-order valence-corrected chi connectivity index (χ3v) is 9.78. The molecular formula is C35H33BrN8O3. The highest BCUT2D eigenvalue weighted by Crippen LogP contribution is 2.61. The number of carbonyl (C=O) groups excluding carboxylic acids is 3. The molecular weight excluding hydrogens is 660 g/mol. The van der Waals surface area contributed by atoms with Crippen molar-refractivity contribution in [3.63, 3.8) is 0 Å². The number of halogens is 1. The van der Waals surface area contributed by atoms with Gasteiger partial charge in [-0.15, -0.1) is 0 Å². The van der Waals surface area contributed by atoms with Crippen molar-refractivity contribution in [2.75, 3.05) is 5.32 Å². The Hall–Kier alpha value is -4.84. The van der Waals surface area contributed by atoms with Crippen LogP contribution in [0.2, 0.25) is 0 Å². The van der Waals surface area contributed by atoms with Crippen molar-refractivity contribution >= 4 is 50.2 Å². The summed E-state index contributed by atoms with van der Waals surface area (Å²) in [5, 5.41) is 8.29. The zero-order valence-electron chi connectivity index (χ0n) is 26.5. The van der Waals surface area contributed by atoms with E-state index < -0.39 is 6.04 Å². The second kappa shape index (κ2) is 11.8. The summed E-state index contributed by atoms with van der Waals surface area (Å²) in [5.41, 5.74) is 5.02. The van der Waals surface area contributed by atoms with Gasteiger partial charge in [-0.3, -0.25) is 24.0 Å². The number of ketones is 1. The number of nitrogens with zero attached hydrogens (tertiary/aromatic N) is 7. The van der Waals surface area contributed by atoms with Crippen molar-refractivity contribution < 1.29 is 14.4 Å². The zero-order chi connectivity index (χ0) is 33.0. The molecule has 5 aromatic rings. The van der Waals surface area contributed by atoms with Crippen molar-refractivity contribution in [2.45, 2.75) is 65.6 Å². The third kappa shape index (κ3) is 5.71. The molecule has 0 radical (unpaired) electrons. The number of aromatic nitrogens is 6. The van der Waals surface area contributed by atoms with E-state index in [1.165, 1.54) is 6.92 Å². The molecule has 1 N–H and O–H groups in total. The van der Waals surface area contributed by atoms with Crippen LogP contribution >= 0.6 is 15.9 Å².